The van der Waals surface area contributed by atoms with E-state index in [9.17, 15) is 18.8 Å². The van der Waals surface area contributed by atoms with Gasteiger partial charge in [0.05, 0.1) is 13.1 Å². The number of morpholine rings is 1. The van der Waals surface area contributed by atoms with Gasteiger partial charge >= 0.3 is 6.03 Å². The van der Waals surface area contributed by atoms with Crippen LogP contribution in [0.2, 0.25) is 0 Å². The van der Waals surface area contributed by atoms with Crippen LogP contribution in [-0.4, -0.2) is 79.2 Å². The Hall–Kier alpha value is -2.88. The number of piperidine rings is 1. The molecule has 2 aliphatic rings. The SMILES string of the molecule is NC(=O)NCC(=O)N1CCC(N2CC(COc3ccc(F)cc3)OCC2=O)CC1. The second-order valence-electron chi connectivity index (χ2n) is 7.07. The Morgan fingerprint density at radius 3 is 2.59 bits per heavy atom. The topological polar surface area (TPSA) is 114 Å². The molecule has 2 fully saturated rings. The van der Waals surface area contributed by atoms with E-state index in [0.29, 0.717) is 38.2 Å². The molecular weight excluding hydrogens is 383 g/mol. The number of urea groups is 1. The number of carbonyl (C=O) groups is 3. The standard InChI is InChI=1S/C19H25FN4O5/c20-13-1-3-15(4-2-13)28-11-16-10-24(18(26)12-29-16)14-5-7-23(8-6-14)17(25)9-22-19(21)27/h1-4,14,16H,5-12H2,(H3,21,22,27). The smallest absolute Gasteiger partial charge is 0.312 e. The number of hydrogen-bond donors (Lipinski definition) is 2. The van der Waals surface area contributed by atoms with E-state index in [2.05, 4.69) is 5.32 Å². The number of nitrogens with two attached hydrogens (primary N) is 1. The Morgan fingerprint density at radius 1 is 1.24 bits per heavy atom. The lowest BCUT2D eigenvalue weighted by molar-refractivity contribution is -0.155. The molecule has 10 heteroatoms. The van der Waals surface area contributed by atoms with E-state index in [4.69, 9.17) is 15.2 Å². The highest BCUT2D eigenvalue weighted by Crippen LogP contribution is 2.21. The number of amides is 4. The molecule has 158 valence electrons. The third-order valence-electron chi connectivity index (χ3n) is 5.08. The lowest BCUT2D eigenvalue weighted by Gasteiger charge is -2.42. The molecule has 3 N–H and O–H groups in total. The number of ether oxygens (including phenoxy) is 2. The van der Waals surface area contributed by atoms with Crippen LogP contribution in [0.3, 0.4) is 0 Å². The Kier molecular flexibility index (Phi) is 6.86. The van der Waals surface area contributed by atoms with E-state index in [-0.39, 0.29) is 49.5 Å². The maximum Gasteiger partial charge on any atom is 0.312 e. The molecule has 9 nitrogen and oxygen atoms in total. The third kappa shape index (κ3) is 5.80. The maximum absolute atomic E-state index is 13.0. The predicted octanol–water partition coefficient (Wildman–Crippen LogP) is 0.0912. The largest absolute Gasteiger partial charge is 0.491 e. The molecule has 0 aromatic heterocycles. The number of primary amides is 1. The molecule has 0 aliphatic carbocycles. The normalized spacial score (nSPS) is 20.4. The van der Waals surface area contributed by atoms with Gasteiger partial charge in [-0.15, -0.1) is 0 Å². The van der Waals surface area contributed by atoms with Gasteiger partial charge in [-0.05, 0) is 37.1 Å². The fraction of sp³-hybridized carbons (Fsp3) is 0.526. The predicted molar refractivity (Wildman–Crippen MR) is 101 cm³/mol. The van der Waals surface area contributed by atoms with Gasteiger partial charge in [-0.2, -0.15) is 0 Å². The molecule has 4 amide bonds. The van der Waals surface area contributed by atoms with E-state index in [1.54, 1.807) is 21.9 Å². The quantitative estimate of drug-likeness (QED) is 0.693. The molecule has 0 radical (unpaired) electrons. The van der Waals surface area contributed by atoms with Crippen molar-refractivity contribution >= 4 is 17.8 Å². The van der Waals surface area contributed by atoms with Crippen molar-refractivity contribution in [1.29, 1.82) is 0 Å². The first-order valence-corrected chi connectivity index (χ1v) is 9.53. The van der Waals surface area contributed by atoms with Gasteiger partial charge in [-0.1, -0.05) is 0 Å². The van der Waals surface area contributed by atoms with Gasteiger partial charge in [0.15, 0.2) is 0 Å². The molecule has 2 heterocycles. The van der Waals surface area contributed by atoms with Crippen LogP contribution in [0, 0.1) is 5.82 Å². The van der Waals surface area contributed by atoms with Gasteiger partial charge in [0.1, 0.15) is 30.9 Å². The Bertz CT molecular complexity index is 737. The van der Waals surface area contributed by atoms with Crippen molar-refractivity contribution in [2.75, 3.05) is 39.4 Å². The summed E-state index contributed by atoms with van der Waals surface area (Å²) in [6.45, 7) is 1.53. The molecule has 1 aromatic rings. The summed E-state index contributed by atoms with van der Waals surface area (Å²) in [6.07, 6.45) is 1.02. The second-order valence-corrected chi connectivity index (χ2v) is 7.07. The fourth-order valence-electron chi connectivity index (χ4n) is 3.52. The second kappa shape index (κ2) is 9.55. The van der Waals surface area contributed by atoms with E-state index in [1.807, 2.05) is 0 Å². The molecule has 1 atom stereocenters. The van der Waals surface area contributed by atoms with Crippen LogP contribution in [0.15, 0.2) is 24.3 Å². The van der Waals surface area contributed by atoms with Crippen LogP contribution in [0.5, 0.6) is 5.75 Å². The summed E-state index contributed by atoms with van der Waals surface area (Å²) in [5.74, 6) is -0.0718. The fourth-order valence-corrected chi connectivity index (χ4v) is 3.52. The molecule has 1 aromatic carbocycles. The molecule has 29 heavy (non-hydrogen) atoms. The lowest BCUT2D eigenvalue weighted by Crippen LogP contribution is -2.56. The van der Waals surface area contributed by atoms with Crippen molar-refractivity contribution < 1.29 is 28.2 Å². The number of nitrogens with zero attached hydrogens (tertiary/aromatic N) is 2. The highest BCUT2D eigenvalue weighted by molar-refractivity contribution is 5.83. The van der Waals surface area contributed by atoms with Crippen molar-refractivity contribution in [2.45, 2.75) is 25.0 Å². The van der Waals surface area contributed by atoms with Gasteiger partial charge in [0, 0.05) is 19.1 Å². The Morgan fingerprint density at radius 2 is 1.93 bits per heavy atom. The van der Waals surface area contributed by atoms with E-state index < -0.39 is 6.03 Å². The highest BCUT2D eigenvalue weighted by Gasteiger charge is 2.34. The van der Waals surface area contributed by atoms with Gasteiger partial charge in [-0.3, -0.25) is 9.59 Å². The zero-order valence-electron chi connectivity index (χ0n) is 16.0. The highest BCUT2D eigenvalue weighted by atomic mass is 19.1. The van der Waals surface area contributed by atoms with Gasteiger partial charge < -0.3 is 30.3 Å². The summed E-state index contributed by atoms with van der Waals surface area (Å²) in [5.41, 5.74) is 4.98. The molecule has 0 bridgehead atoms. The minimum atomic E-state index is -0.735. The first-order valence-electron chi connectivity index (χ1n) is 9.53. The summed E-state index contributed by atoms with van der Waals surface area (Å²) in [6, 6.07) is 5.01. The Balaban J connectivity index is 1.47. The van der Waals surface area contributed by atoms with Gasteiger partial charge in [-0.25, -0.2) is 9.18 Å². The number of hydrogen-bond acceptors (Lipinski definition) is 5. The molecule has 0 saturated carbocycles. The molecule has 0 spiro atoms. The van der Waals surface area contributed by atoms with E-state index in [0.717, 1.165) is 0 Å². The average molecular weight is 408 g/mol. The van der Waals surface area contributed by atoms with Gasteiger partial charge in [0.2, 0.25) is 11.8 Å². The number of carbonyl (C=O) groups excluding carboxylic acids is 3. The van der Waals surface area contributed by atoms with Crippen LogP contribution in [-0.2, 0) is 14.3 Å². The number of likely N-dealkylation sites (tertiary alicyclic amines) is 1. The van der Waals surface area contributed by atoms with Crippen LogP contribution >= 0.6 is 0 Å². The summed E-state index contributed by atoms with van der Waals surface area (Å²) in [4.78, 5) is 38.6. The lowest BCUT2D eigenvalue weighted by atomic mass is 10.0. The van der Waals surface area contributed by atoms with E-state index in [1.165, 1.54) is 12.1 Å². The van der Waals surface area contributed by atoms with Crippen LogP contribution in [0.4, 0.5) is 9.18 Å². The third-order valence-corrected chi connectivity index (χ3v) is 5.08. The minimum Gasteiger partial charge on any atom is -0.491 e. The van der Waals surface area contributed by atoms with Gasteiger partial charge in [0.25, 0.3) is 0 Å². The van der Waals surface area contributed by atoms with Crippen molar-refractivity contribution in [3.63, 3.8) is 0 Å². The molecule has 2 saturated heterocycles. The molecule has 3 rings (SSSR count). The number of rotatable bonds is 6. The zero-order chi connectivity index (χ0) is 20.8. The first kappa shape index (κ1) is 20.8. The molecule has 2 aliphatic heterocycles. The summed E-state index contributed by atoms with van der Waals surface area (Å²) >= 11 is 0. The average Bonchev–Trinajstić information content (AvgIpc) is 2.72. The summed E-state index contributed by atoms with van der Waals surface area (Å²) in [5, 5.41) is 2.29. The zero-order valence-corrected chi connectivity index (χ0v) is 16.0. The van der Waals surface area contributed by atoms with Crippen LogP contribution in [0.25, 0.3) is 0 Å². The number of benzene rings is 1. The Labute approximate surface area is 167 Å². The molecular formula is C19H25FN4O5. The summed E-state index contributed by atoms with van der Waals surface area (Å²) in [7, 11) is 0. The van der Waals surface area contributed by atoms with E-state index >= 15 is 0 Å². The summed E-state index contributed by atoms with van der Waals surface area (Å²) < 4.78 is 24.2. The van der Waals surface area contributed by atoms with Crippen LogP contribution in [0.1, 0.15) is 12.8 Å². The molecule has 1 unspecified atom stereocenters. The monoisotopic (exact) mass is 408 g/mol. The van der Waals surface area contributed by atoms with Crippen LogP contribution < -0.4 is 15.8 Å². The maximum atomic E-state index is 13.0. The first-order chi connectivity index (χ1) is 13.9. The number of nitrogens with one attached hydrogen (secondary N) is 1. The van der Waals surface area contributed by atoms with Crippen molar-refractivity contribution in [2.24, 2.45) is 5.73 Å². The van der Waals surface area contributed by atoms with Crippen molar-refractivity contribution in [3.05, 3.63) is 30.1 Å². The minimum absolute atomic E-state index is 0.0148. The van der Waals surface area contributed by atoms with Crippen molar-refractivity contribution in [3.8, 4) is 5.75 Å². The number of halogens is 1. The van der Waals surface area contributed by atoms with Crippen molar-refractivity contribution in [1.82, 2.24) is 15.1 Å².